The molecule has 5 heteroatoms. The SMILES string of the molecule is Cc1ccc(CN2C(=O)Cc3c(C)nc(C4CCN(CCc5ccccc5)CC4)nc32)cc1. The molecule has 3 heterocycles. The van der Waals surface area contributed by atoms with E-state index in [1.54, 1.807) is 0 Å². The molecule has 170 valence electrons. The highest BCUT2D eigenvalue weighted by Gasteiger charge is 2.33. The van der Waals surface area contributed by atoms with Gasteiger partial charge in [0.25, 0.3) is 0 Å². The Kier molecular flexibility index (Phi) is 6.23. The van der Waals surface area contributed by atoms with Gasteiger partial charge >= 0.3 is 0 Å². The van der Waals surface area contributed by atoms with Crippen molar-refractivity contribution in [3.05, 3.63) is 88.4 Å². The van der Waals surface area contributed by atoms with Gasteiger partial charge in [0, 0.05) is 23.7 Å². The monoisotopic (exact) mass is 440 g/mol. The first-order valence-corrected chi connectivity index (χ1v) is 12.1. The molecular formula is C28H32N4O. The number of aromatic nitrogens is 2. The number of amides is 1. The Morgan fingerprint density at radius 1 is 0.909 bits per heavy atom. The molecule has 0 radical (unpaired) electrons. The van der Waals surface area contributed by atoms with Crippen LogP contribution in [0, 0.1) is 13.8 Å². The Hall–Kier alpha value is -3.05. The van der Waals surface area contributed by atoms with Gasteiger partial charge in [-0.1, -0.05) is 60.2 Å². The first-order chi connectivity index (χ1) is 16.1. The van der Waals surface area contributed by atoms with E-state index in [0.29, 0.717) is 18.9 Å². The normalized spacial score (nSPS) is 16.9. The molecule has 0 N–H and O–H groups in total. The summed E-state index contributed by atoms with van der Waals surface area (Å²) in [4.78, 5) is 27.1. The Morgan fingerprint density at radius 2 is 1.64 bits per heavy atom. The number of fused-ring (bicyclic) bond motifs is 1. The van der Waals surface area contributed by atoms with Crippen LogP contribution in [0.4, 0.5) is 5.82 Å². The molecule has 0 unspecified atom stereocenters. The Labute approximate surface area is 196 Å². The molecule has 33 heavy (non-hydrogen) atoms. The molecular weight excluding hydrogens is 408 g/mol. The average Bonchev–Trinajstić information content (AvgIpc) is 3.16. The van der Waals surface area contributed by atoms with E-state index in [1.807, 2.05) is 11.8 Å². The molecule has 1 fully saturated rings. The van der Waals surface area contributed by atoms with Gasteiger partial charge in [0.2, 0.25) is 5.91 Å². The Balaban J connectivity index is 1.26. The van der Waals surface area contributed by atoms with Crippen LogP contribution in [-0.2, 0) is 24.2 Å². The predicted octanol–water partition coefficient (Wildman–Crippen LogP) is 4.60. The van der Waals surface area contributed by atoms with Gasteiger partial charge in [0.1, 0.15) is 11.6 Å². The van der Waals surface area contributed by atoms with E-state index >= 15 is 0 Å². The molecule has 5 rings (SSSR count). The van der Waals surface area contributed by atoms with Crippen LogP contribution in [0.1, 0.15) is 52.5 Å². The van der Waals surface area contributed by atoms with E-state index in [0.717, 1.165) is 67.4 Å². The summed E-state index contributed by atoms with van der Waals surface area (Å²) < 4.78 is 0. The minimum Gasteiger partial charge on any atom is -0.303 e. The third-order valence-corrected chi connectivity index (χ3v) is 7.07. The number of hydrogen-bond donors (Lipinski definition) is 0. The summed E-state index contributed by atoms with van der Waals surface area (Å²) in [5, 5.41) is 0. The second-order valence-electron chi connectivity index (χ2n) is 9.46. The van der Waals surface area contributed by atoms with Gasteiger partial charge in [-0.05, 0) is 57.3 Å². The van der Waals surface area contributed by atoms with E-state index in [1.165, 1.54) is 11.1 Å². The lowest BCUT2D eigenvalue weighted by Crippen LogP contribution is -2.35. The zero-order valence-corrected chi connectivity index (χ0v) is 19.6. The van der Waals surface area contributed by atoms with Crippen molar-refractivity contribution in [1.29, 1.82) is 0 Å². The molecule has 1 aromatic heterocycles. The van der Waals surface area contributed by atoms with E-state index in [4.69, 9.17) is 9.97 Å². The van der Waals surface area contributed by atoms with E-state index in [2.05, 4.69) is 66.4 Å². The standard InChI is InChI=1S/C28H32N4O/c1-20-8-10-23(11-9-20)19-32-26(33)18-25-21(2)29-27(30-28(25)32)24-13-16-31(17-14-24)15-12-22-6-4-3-5-7-22/h3-11,24H,12-19H2,1-2H3. The highest BCUT2D eigenvalue weighted by molar-refractivity contribution is 6.00. The maximum Gasteiger partial charge on any atom is 0.233 e. The number of carbonyl (C=O) groups is 1. The number of aryl methyl sites for hydroxylation is 2. The van der Waals surface area contributed by atoms with Crippen LogP contribution in [0.15, 0.2) is 54.6 Å². The summed E-state index contributed by atoms with van der Waals surface area (Å²) in [6.07, 6.45) is 3.64. The van der Waals surface area contributed by atoms with Crippen molar-refractivity contribution in [3.8, 4) is 0 Å². The van der Waals surface area contributed by atoms with Gasteiger partial charge < -0.3 is 4.90 Å². The highest BCUT2D eigenvalue weighted by Crippen LogP contribution is 2.34. The molecule has 0 spiro atoms. The number of carbonyl (C=O) groups excluding carboxylic acids is 1. The van der Waals surface area contributed by atoms with Crippen molar-refractivity contribution in [2.75, 3.05) is 24.5 Å². The van der Waals surface area contributed by atoms with E-state index < -0.39 is 0 Å². The maximum atomic E-state index is 12.8. The zero-order valence-electron chi connectivity index (χ0n) is 19.6. The predicted molar refractivity (Wildman–Crippen MR) is 131 cm³/mol. The second-order valence-corrected chi connectivity index (χ2v) is 9.46. The van der Waals surface area contributed by atoms with E-state index in [-0.39, 0.29) is 5.91 Å². The number of likely N-dealkylation sites (tertiary alicyclic amines) is 1. The van der Waals surface area contributed by atoms with Crippen LogP contribution in [0.3, 0.4) is 0 Å². The van der Waals surface area contributed by atoms with Crippen molar-refractivity contribution in [1.82, 2.24) is 14.9 Å². The quantitative estimate of drug-likeness (QED) is 0.562. The third-order valence-electron chi connectivity index (χ3n) is 7.07. The third kappa shape index (κ3) is 4.83. The van der Waals surface area contributed by atoms with Crippen molar-refractivity contribution in [2.45, 2.75) is 52.0 Å². The summed E-state index contributed by atoms with van der Waals surface area (Å²) in [7, 11) is 0. The lowest BCUT2D eigenvalue weighted by atomic mass is 9.95. The summed E-state index contributed by atoms with van der Waals surface area (Å²) in [6.45, 7) is 7.92. The number of hydrogen-bond acceptors (Lipinski definition) is 4. The van der Waals surface area contributed by atoms with Gasteiger partial charge in [-0.15, -0.1) is 0 Å². The van der Waals surface area contributed by atoms with Crippen LogP contribution in [0.25, 0.3) is 0 Å². The fourth-order valence-corrected chi connectivity index (χ4v) is 4.97. The fourth-order valence-electron chi connectivity index (χ4n) is 4.97. The number of benzene rings is 2. The lowest BCUT2D eigenvalue weighted by molar-refractivity contribution is -0.117. The van der Waals surface area contributed by atoms with Crippen molar-refractivity contribution in [3.63, 3.8) is 0 Å². The fraction of sp³-hybridized carbons (Fsp3) is 0.393. The Bertz CT molecular complexity index is 1120. The molecule has 2 aromatic carbocycles. The second kappa shape index (κ2) is 9.44. The first kappa shape index (κ1) is 21.8. The van der Waals surface area contributed by atoms with Gasteiger partial charge in [0.15, 0.2) is 0 Å². The molecule has 0 bridgehead atoms. The number of anilines is 1. The molecule has 2 aliphatic heterocycles. The van der Waals surface area contributed by atoms with Crippen LogP contribution < -0.4 is 4.90 Å². The molecule has 0 atom stereocenters. The lowest BCUT2D eigenvalue weighted by Gasteiger charge is -2.31. The van der Waals surface area contributed by atoms with Crippen molar-refractivity contribution < 1.29 is 4.79 Å². The zero-order chi connectivity index (χ0) is 22.8. The number of nitrogens with zero attached hydrogens (tertiary/aromatic N) is 4. The smallest absolute Gasteiger partial charge is 0.233 e. The summed E-state index contributed by atoms with van der Waals surface area (Å²) in [5.41, 5.74) is 5.71. The molecule has 1 saturated heterocycles. The number of rotatable bonds is 6. The Morgan fingerprint density at radius 3 is 2.36 bits per heavy atom. The number of piperidine rings is 1. The summed E-state index contributed by atoms with van der Waals surface area (Å²) in [6, 6.07) is 19.1. The van der Waals surface area contributed by atoms with Crippen molar-refractivity contribution in [2.24, 2.45) is 0 Å². The topological polar surface area (TPSA) is 49.3 Å². The van der Waals surface area contributed by atoms with Crippen LogP contribution in [0.5, 0.6) is 0 Å². The van der Waals surface area contributed by atoms with Crippen molar-refractivity contribution >= 4 is 11.7 Å². The molecule has 5 nitrogen and oxygen atoms in total. The average molecular weight is 441 g/mol. The van der Waals surface area contributed by atoms with Crippen LogP contribution in [0.2, 0.25) is 0 Å². The maximum absolute atomic E-state index is 12.8. The van der Waals surface area contributed by atoms with E-state index in [9.17, 15) is 4.79 Å². The highest BCUT2D eigenvalue weighted by atomic mass is 16.2. The van der Waals surface area contributed by atoms with Gasteiger partial charge in [-0.3, -0.25) is 9.69 Å². The van der Waals surface area contributed by atoms with Gasteiger partial charge in [-0.2, -0.15) is 0 Å². The van der Waals surface area contributed by atoms with Gasteiger partial charge in [0.05, 0.1) is 13.0 Å². The molecule has 0 aliphatic carbocycles. The van der Waals surface area contributed by atoms with Crippen LogP contribution in [-0.4, -0.2) is 40.4 Å². The summed E-state index contributed by atoms with van der Waals surface area (Å²) in [5.74, 6) is 2.22. The molecule has 3 aromatic rings. The summed E-state index contributed by atoms with van der Waals surface area (Å²) >= 11 is 0. The molecule has 2 aliphatic rings. The first-order valence-electron chi connectivity index (χ1n) is 12.1. The minimum atomic E-state index is 0.121. The molecule has 0 saturated carbocycles. The van der Waals surface area contributed by atoms with Crippen LogP contribution >= 0.6 is 0 Å². The van der Waals surface area contributed by atoms with Gasteiger partial charge in [-0.25, -0.2) is 9.97 Å². The largest absolute Gasteiger partial charge is 0.303 e. The minimum absolute atomic E-state index is 0.121. The molecule has 1 amide bonds.